The van der Waals surface area contributed by atoms with E-state index in [1.807, 2.05) is 0 Å². The van der Waals surface area contributed by atoms with Crippen LogP contribution in [0.2, 0.25) is 5.02 Å². The van der Waals surface area contributed by atoms with Crippen molar-refractivity contribution in [1.29, 1.82) is 0 Å². The molecule has 1 aliphatic rings. The Morgan fingerprint density at radius 1 is 1.33 bits per heavy atom. The van der Waals surface area contributed by atoms with Gasteiger partial charge in [-0.3, -0.25) is 9.59 Å². The Balaban J connectivity index is 1.68. The Kier molecular flexibility index (Phi) is 5.23. The lowest BCUT2D eigenvalue weighted by molar-refractivity contribution is -0.139. The number of halogens is 1. The first-order chi connectivity index (χ1) is 12.8. The molecule has 1 aromatic carbocycles. The van der Waals surface area contributed by atoms with E-state index in [0.717, 1.165) is 0 Å². The number of anilines is 1. The van der Waals surface area contributed by atoms with Crippen molar-refractivity contribution in [3.8, 4) is 0 Å². The number of hydrogen-bond acceptors (Lipinski definition) is 4. The first kappa shape index (κ1) is 19.0. The molecule has 27 heavy (non-hydrogen) atoms. The third kappa shape index (κ3) is 3.83. The standard InChI is InChI=1S/C19H19ClN2O5/c1-11-16(19(25)26)9-14(27-11)10-21(2)17(23)15-7-8-22(18(15)24)13-5-3-12(20)4-6-13/h3-6,9,15H,7-8,10H2,1-2H3,(H,25,26). The average molecular weight is 391 g/mol. The number of rotatable bonds is 5. The quantitative estimate of drug-likeness (QED) is 0.792. The summed E-state index contributed by atoms with van der Waals surface area (Å²) in [5.41, 5.74) is 0.770. The van der Waals surface area contributed by atoms with E-state index in [0.29, 0.717) is 29.4 Å². The zero-order valence-corrected chi connectivity index (χ0v) is 15.7. The van der Waals surface area contributed by atoms with Gasteiger partial charge >= 0.3 is 5.97 Å². The molecule has 142 valence electrons. The maximum absolute atomic E-state index is 12.7. The van der Waals surface area contributed by atoms with Gasteiger partial charge in [0.15, 0.2) is 0 Å². The zero-order chi connectivity index (χ0) is 19.7. The molecule has 0 bridgehead atoms. The molecule has 0 radical (unpaired) electrons. The fourth-order valence-electron chi connectivity index (χ4n) is 3.20. The summed E-state index contributed by atoms with van der Waals surface area (Å²) in [4.78, 5) is 39.5. The highest BCUT2D eigenvalue weighted by Gasteiger charge is 2.39. The molecule has 0 spiro atoms. The van der Waals surface area contributed by atoms with Crippen LogP contribution in [0.4, 0.5) is 5.69 Å². The third-order valence-corrected chi connectivity index (χ3v) is 4.86. The summed E-state index contributed by atoms with van der Waals surface area (Å²) in [7, 11) is 1.57. The number of benzene rings is 1. The monoisotopic (exact) mass is 390 g/mol. The van der Waals surface area contributed by atoms with Crippen molar-refractivity contribution in [2.45, 2.75) is 19.9 Å². The van der Waals surface area contributed by atoms with Crippen molar-refractivity contribution in [2.24, 2.45) is 5.92 Å². The van der Waals surface area contributed by atoms with Gasteiger partial charge in [-0.05, 0) is 43.7 Å². The van der Waals surface area contributed by atoms with Gasteiger partial charge in [0.05, 0.1) is 6.54 Å². The molecule has 0 saturated carbocycles. The van der Waals surface area contributed by atoms with Crippen molar-refractivity contribution < 1.29 is 23.9 Å². The van der Waals surface area contributed by atoms with E-state index in [4.69, 9.17) is 21.1 Å². The molecule has 1 aromatic heterocycles. The van der Waals surface area contributed by atoms with E-state index in [2.05, 4.69) is 0 Å². The molecule has 3 rings (SSSR count). The van der Waals surface area contributed by atoms with Gasteiger partial charge in [0.25, 0.3) is 0 Å². The topological polar surface area (TPSA) is 91.1 Å². The molecule has 1 saturated heterocycles. The molecule has 1 unspecified atom stereocenters. The third-order valence-electron chi connectivity index (χ3n) is 4.61. The van der Waals surface area contributed by atoms with Crippen LogP contribution in [0.25, 0.3) is 0 Å². The van der Waals surface area contributed by atoms with E-state index < -0.39 is 11.9 Å². The highest BCUT2D eigenvalue weighted by molar-refractivity contribution is 6.30. The lowest BCUT2D eigenvalue weighted by Gasteiger charge is -2.20. The Bertz CT molecular complexity index is 890. The average Bonchev–Trinajstić information content (AvgIpc) is 3.18. The first-order valence-corrected chi connectivity index (χ1v) is 8.80. The predicted molar refractivity (Wildman–Crippen MR) is 98.8 cm³/mol. The maximum Gasteiger partial charge on any atom is 0.339 e. The molecule has 1 aliphatic heterocycles. The summed E-state index contributed by atoms with van der Waals surface area (Å²) < 4.78 is 5.41. The fraction of sp³-hybridized carbons (Fsp3) is 0.316. The number of carboxylic acids is 1. The lowest BCUT2D eigenvalue weighted by Crippen LogP contribution is -2.37. The number of carbonyl (C=O) groups is 3. The molecule has 1 atom stereocenters. The molecule has 2 amide bonds. The molecular formula is C19H19ClN2O5. The van der Waals surface area contributed by atoms with Crippen molar-refractivity contribution in [3.63, 3.8) is 0 Å². The van der Waals surface area contributed by atoms with Crippen LogP contribution < -0.4 is 4.90 Å². The van der Waals surface area contributed by atoms with Gasteiger partial charge < -0.3 is 19.3 Å². The Hall–Kier alpha value is -2.80. The minimum Gasteiger partial charge on any atom is -0.478 e. The van der Waals surface area contributed by atoms with Gasteiger partial charge in [0, 0.05) is 24.3 Å². The van der Waals surface area contributed by atoms with Crippen LogP contribution in [0.1, 0.15) is 28.3 Å². The minimum atomic E-state index is -1.08. The van der Waals surface area contributed by atoms with E-state index in [1.54, 1.807) is 43.1 Å². The molecular weight excluding hydrogens is 372 g/mol. The summed E-state index contributed by atoms with van der Waals surface area (Å²) in [6.07, 6.45) is 0.419. The SMILES string of the molecule is Cc1oc(CN(C)C(=O)C2CCN(c3ccc(Cl)cc3)C2=O)cc1C(=O)O. The molecule has 2 heterocycles. The number of hydrogen-bond donors (Lipinski definition) is 1. The van der Waals surface area contributed by atoms with Gasteiger partial charge in [0.2, 0.25) is 11.8 Å². The van der Waals surface area contributed by atoms with E-state index in [1.165, 1.54) is 11.0 Å². The van der Waals surface area contributed by atoms with Gasteiger partial charge in [0.1, 0.15) is 23.0 Å². The van der Waals surface area contributed by atoms with Gasteiger partial charge in [-0.25, -0.2) is 4.79 Å². The van der Waals surface area contributed by atoms with Gasteiger partial charge in [-0.15, -0.1) is 0 Å². The number of furan rings is 1. The van der Waals surface area contributed by atoms with Crippen LogP contribution in [0, 0.1) is 12.8 Å². The van der Waals surface area contributed by atoms with Crippen LogP contribution >= 0.6 is 11.6 Å². The smallest absolute Gasteiger partial charge is 0.339 e. The number of carboxylic acid groups (broad SMARTS) is 1. The summed E-state index contributed by atoms with van der Waals surface area (Å²) >= 11 is 5.87. The molecule has 8 heteroatoms. The van der Waals surface area contributed by atoms with Crippen LogP contribution in [0.15, 0.2) is 34.7 Å². The zero-order valence-electron chi connectivity index (χ0n) is 14.9. The molecule has 0 aliphatic carbocycles. The summed E-state index contributed by atoms with van der Waals surface area (Å²) in [5.74, 6) is -1.77. The van der Waals surface area contributed by atoms with Crippen molar-refractivity contribution >= 4 is 35.1 Å². The highest BCUT2D eigenvalue weighted by atomic mass is 35.5. The molecule has 2 aromatic rings. The fourth-order valence-corrected chi connectivity index (χ4v) is 3.32. The van der Waals surface area contributed by atoms with Crippen LogP contribution in [0.5, 0.6) is 0 Å². The largest absolute Gasteiger partial charge is 0.478 e. The predicted octanol–water partition coefficient (Wildman–Crippen LogP) is 2.95. The highest BCUT2D eigenvalue weighted by Crippen LogP contribution is 2.28. The number of aromatic carboxylic acids is 1. The Labute approximate surface area is 161 Å². The lowest BCUT2D eigenvalue weighted by atomic mass is 10.1. The second-order valence-corrected chi connectivity index (χ2v) is 6.93. The Morgan fingerprint density at radius 2 is 2.00 bits per heavy atom. The summed E-state index contributed by atoms with van der Waals surface area (Å²) in [5, 5.41) is 9.66. The second-order valence-electron chi connectivity index (χ2n) is 6.49. The van der Waals surface area contributed by atoms with Crippen LogP contribution in [0.3, 0.4) is 0 Å². The molecule has 1 N–H and O–H groups in total. The van der Waals surface area contributed by atoms with Gasteiger partial charge in [-0.2, -0.15) is 0 Å². The van der Waals surface area contributed by atoms with Crippen molar-refractivity contribution in [1.82, 2.24) is 4.90 Å². The summed E-state index contributed by atoms with van der Waals surface area (Å²) in [6.45, 7) is 2.10. The minimum absolute atomic E-state index is 0.0664. The molecule has 7 nitrogen and oxygen atoms in total. The van der Waals surface area contributed by atoms with Crippen LogP contribution in [-0.2, 0) is 16.1 Å². The molecule has 1 fully saturated rings. The number of carbonyl (C=O) groups excluding carboxylic acids is 2. The number of amides is 2. The van der Waals surface area contributed by atoms with E-state index >= 15 is 0 Å². The first-order valence-electron chi connectivity index (χ1n) is 8.42. The summed E-state index contributed by atoms with van der Waals surface area (Å²) in [6, 6.07) is 8.29. The van der Waals surface area contributed by atoms with Crippen molar-refractivity contribution in [2.75, 3.05) is 18.5 Å². The van der Waals surface area contributed by atoms with Crippen LogP contribution in [-0.4, -0.2) is 41.4 Å². The van der Waals surface area contributed by atoms with E-state index in [-0.39, 0.29) is 29.7 Å². The second kappa shape index (κ2) is 7.44. The Morgan fingerprint density at radius 3 is 2.59 bits per heavy atom. The number of aryl methyl sites for hydroxylation is 1. The maximum atomic E-state index is 12.7. The van der Waals surface area contributed by atoms with Gasteiger partial charge in [-0.1, -0.05) is 11.6 Å². The van der Waals surface area contributed by atoms with E-state index in [9.17, 15) is 14.4 Å². The normalized spacial score (nSPS) is 16.6. The number of nitrogens with zero attached hydrogens (tertiary/aromatic N) is 2. The van der Waals surface area contributed by atoms with Crippen molar-refractivity contribution in [3.05, 3.63) is 52.4 Å².